The molecule has 0 amide bonds. The van der Waals surface area contributed by atoms with Gasteiger partial charge in [0.25, 0.3) is 5.56 Å². The van der Waals surface area contributed by atoms with Crippen molar-refractivity contribution in [3.05, 3.63) is 89.4 Å². The van der Waals surface area contributed by atoms with Crippen LogP contribution in [0.2, 0.25) is 0 Å². The molecule has 23 heavy (non-hydrogen) atoms. The number of nitrogens with zero attached hydrogens (tertiary/aromatic N) is 1. The molecule has 4 nitrogen and oxygen atoms in total. The fourth-order valence-electron chi connectivity index (χ4n) is 2.51. The SMILES string of the molecule is C=CCOC(=O)c1c(-c2ccccc2)cc(=O)n2ccccc12. The van der Waals surface area contributed by atoms with Crippen molar-refractivity contribution >= 4 is 11.5 Å². The topological polar surface area (TPSA) is 47.8 Å². The fraction of sp³-hybridized carbons (Fsp3) is 0.0526. The molecule has 0 N–H and O–H groups in total. The van der Waals surface area contributed by atoms with Crippen molar-refractivity contribution in [2.24, 2.45) is 0 Å². The molecule has 0 aliphatic carbocycles. The summed E-state index contributed by atoms with van der Waals surface area (Å²) in [5, 5.41) is 0. The zero-order valence-electron chi connectivity index (χ0n) is 12.4. The van der Waals surface area contributed by atoms with Crippen molar-refractivity contribution in [1.82, 2.24) is 4.40 Å². The van der Waals surface area contributed by atoms with Crippen LogP contribution in [0.4, 0.5) is 0 Å². The van der Waals surface area contributed by atoms with Crippen molar-refractivity contribution in [2.75, 3.05) is 6.61 Å². The second-order valence-corrected chi connectivity index (χ2v) is 4.98. The lowest BCUT2D eigenvalue weighted by atomic mass is 9.99. The molecule has 0 unspecified atom stereocenters. The summed E-state index contributed by atoms with van der Waals surface area (Å²) >= 11 is 0. The Labute approximate surface area is 133 Å². The van der Waals surface area contributed by atoms with Gasteiger partial charge in [0, 0.05) is 17.8 Å². The first-order valence-electron chi connectivity index (χ1n) is 7.20. The quantitative estimate of drug-likeness (QED) is 0.549. The summed E-state index contributed by atoms with van der Waals surface area (Å²) in [6.07, 6.45) is 3.15. The second kappa shape index (κ2) is 6.32. The number of carbonyl (C=O) groups excluding carboxylic acids is 1. The Bertz CT molecular complexity index is 926. The third kappa shape index (κ3) is 2.79. The van der Waals surface area contributed by atoms with Crippen LogP contribution in [0.15, 0.2) is 78.2 Å². The number of rotatable bonds is 4. The van der Waals surface area contributed by atoms with E-state index in [0.717, 1.165) is 5.56 Å². The summed E-state index contributed by atoms with van der Waals surface area (Å²) in [7, 11) is 0. The van der Waals surface area contributed by atoms with E-state index in [1.807, 2.05) is 30.3 Å². The van der Waals surface area contributed by atoms with Crippen molar-refractivity contribution in [1.29, 1.82) is 0 Å². The molecule has 0 bridgehead atoms. The molecular formula is C19H15NO3. The van der Waals surface area contributed by atoms with Gasteiger partial charge in [-0.1, -0.05) is 49.1 Å². The minimum absolute atomic E-state index is 0.116. The molecule has 3 rings (SSSR count). The van der Waals surface area contributed by atoms with E-state index in [9.17, 15) is 9.59 Å². The van der Waals surface area contributed by atoms with Gasteiger partial charge in [0.1, 0.15) is 6.61 Å². The van der Waals surface area contributed by atoms with Gasteiger partial charge in [0.15, 0.2) is 0 Å². The standard InChI is InChI=1S/C19H15NO3/c1-2-12-23-19(22)18-15(14-8-4-3-5-9-14)13-17(21)20-11-7-6-10-16(18)20/h2-11,13H,1,12H2. The number of carbonyl (C=O) groups is 1. The van der Waals surface area contributed by atoms with Crippen LogP contribution in [0.5, 0.6) is 0 Å². The maximum atomic E-state index is 12.5. The number of pyridine rings is 2. The van der Waals surface area contributed by atoms with Gasteiger partial charge in [-0.3, -0.25) is 9.20 Å². The average molecular weight is 305 g/mol. The van der Waals surface area contributed by atoms with Crippen LogP contribution < -0.4 is 5.56 Å². The van der Waals surface area contributed by atoms with Crippen LogP contribution in [0.1, 0.15) is 10.4 Å². The molecule has 0 radical (unpaired) electrons. The Hall–Kier alpha value is -3.14. The Balaban J connectivity index is 2.32. The lowest BCUT2D eigenvalue weighted by Gasteiger charge is -2.12. The molecule has 0 atom stereocenters. The second-order valence-electron chi connectivity index (χ2n) is 4.98. The van der Waals surface area contributed by atoms with Crippen LogP contribution in [0.25, 0.3) is 16.6 Å². The number of aromatic nitrogens is 1. The smallest absolute Gasteiger partial charge is 0.341 e. The van der Waals surface area contributed by atoms with Crippen molar-refractivity contribution in [3.8, 4) is 11.1 Å². The predicted octanol–water partition coefficient (Wildman–Crippen LogP) is 3.31. The van der Waals surface area contributed by atoms with Gasteiger partial charge in [-0.2, -0.15) is 0 Å². The summed E-state index contributed by atoms with van der Waals surface area (Å²) in [5.74, 6) is -0.479. The maximum absolute atomic E-state index is 12.5. The molecular weight excluding hydrogens is 290 g/mol. The highest BCUT2D eigenvalue weighted by molar-refractivity contribution is 6.04. The molecule has 0 saturated heterocycles. The number of benzene rings is 1. The molecule has 114 valence electrons. The van der Waals surface area contributed by atoms with E-state index < -0.39 is 5.97 Å². The first kappa shape index (κ1) is 14.8. The number of hydrogen-bond acceptors (Lipinski definition) is 3. The minimum Gasteiger partial charge on any atom is -0.458 e. The fourth-order valence-corrected chi connectivity index (χ4v) is 2.51. The van der Waals surface area contributed by atoms with E-state index in [-0.39, 0.29) is 12.2 Å². The summed E-state index contributed by atoms with van der Waals surface area (Å²) in [6.45, 7) is 3.67. The van der Waals surface area contributed by atoms with Gasteiger partial charge < -0.3 is 4.74 Å². The summed E-state index contributed by atoms with van der Waals surface area (Å²) in [6, 6.07) is 16.1. The van der Waals surface area contributed by atoms with Gasteiger partial charge >= 0.3 is 5.97 Å². The normalized spacial score (nSPS) is 10.4. The Morgan fingerprint density at radius 2 is 1.87 bits per heavy atom. The zero-order chi connectivity index (χ0) is 16.2. The monoisotopic (exact) mass is 305 g/mol. The first-order chi connectivity index (χ1) is 11.2. The van der Waals surface area contributed by atoms with Crippen LogP contribution in [-0.4, -0.2) is 17.0 Å². The van der Waals surface area contributed by atoms with E-state index in [1.54, 1.807) is 24.4 Å². The third-order valence-corrected chi connectivity index (χ3v) is 3.51. The van der Waals surface area contributed by atoms with Crippen molar-refractivity contribution in [2.45, 2.75) is 0 Å². The van der Waals surface area contributed by atoms with Crippen molar-refractivity contribution < 1.29 is 9.53 Å². The molecule has 0 aliphatic rings. The highest BCUT2D eigenvalue weighted by Gasteiger charge is 2.19. The summed E-state index contributed by atoms with van der Waals surface area (Å²) in [4.78, 5) is 24.9. The Morgan fingerprint density at radius 3 is 2.61 bits per heavy atom. The van der Waals surface area contributed by atoms with Gasteiger partial charge in [-0.25, -0.2) is 4.79 Å². The third-order valence-electron chi connectivity index (χ3n) is 3.51. The molecule has 1 aromatic carbocycles. The molecule has 0 fully saturated rings. The molecule has 3 aromatic rings. The summed E-state index contributed by atoms with van der Waals surface area (Å²) in [5.41, 5.74) is 2.06. The van der Waals surface area contributed by atoms with E-state index >= 15 is 0 Å². The van der Waals surface area contributed by atoms with Crippen molar-refractivity contribution in [3.63, 3.8) is 0 Å². The molecule has 0 aliphatic heterocycles. The van der Waals surface area contributed by atoms with E-state index in [0.29, 0.717) is 16.6 Å². The number of fused-ring (bicyclic) bond motifs is 1. The van der Waals surface area contributed by atoms with E-state index in [2.05, 4.69) is 6.58 Å². The largest absolute Gasteiger partial charge is 0.458 e. The van der Waals surface area contributed by atoms with Crippen LogP contribution in [0.3, 0.4) is 0 Å². The maximum Gasteiger partial charge on any atom is 0.341 e. The van der Waals surface area contributed by atoms with Gasteiger partial charge in [0.2, 0.25) is 0 Å². The summed E-state index contributed by atoms with van der Waals surface area (Å²) < 4.78 is 6.66. The molecule has 0 spiro atoms. The molecule has 0 saturated carbocycles. The van der Waals surface area contributed by atoms with E-state index in [1.165, 1.54) is 16.5 Å². The lowest BCUT2D eigenvalue weighted by molar-refractivity contribution is 0.0552. The molecule has 2 aromatic heterocycles. The first-order valence-corrected chi connectivity index (χ1v) is 7.20. The number of hydrogen-bond donors (Lipinski definition) is 0. The average Bonchev–Trinajstić information content (AvgIpc) is 2.60. The number of ether oxygens (including phenoxy) is 1. The lowest BCUT2D eigenvalue weighted by Crippen LogP contribution is -2.18. The van der Waals surface area contributed by atoms with E-state index in [4.69, 9.17) is 4.74 Å². The predicted molar refractivity (Wildman–Crippen MR) is 89.6 cm³/mol. The molecule has 2 heterocycles. The van der Waals surface area contributed by atoms with Crippen LogP contribution in [0, 0.1) is 0 Å². The van der Waals surface area contributed by atoms with Gasteiger partial charge in [-0.15, -0.1) is 0 Å². The van der Waals surface area contributed by atoms with Gasteiger partial charge in [-0.05, 0) is 17.7 Å². The highest BCUT2D eigenvalue weighted by Crippen LogP contribution is 2.26. The van der Waals surface area contributed by atoms with Crippen LogP contribution >= 0.6 is 0 Å². The number of esters is 1. The zero-order valence-corrected chi connectivity index (χ0v) is 12.4. The highest BCUT2D eigenvalue weighted by atomic mass is 16.5. The minimum atomic E-state index is -0.479. The van der Waals surface area contributed by atoms with Gasteiger partial charge in [0.05, 0.1) is 11.1 Å². The Morgan fingerprint density at radius 1 is 1.13 bits per heavy atom. The Kier molecular flexibility index (Phi) is 4.06. The molecule has 4 heteroatoms. The van der Waals surface area contributed by atoms with Crippen LogP contribution in [-0.2, 0) is 4.74 Å².